The molecule has 21 heavy (non-hydrogen) atoms. The average molecular weight is 356 g/mol. The molecule has 1 aromatic rings. The number of carbonyl (C=O) groups is 2. The molecule has 0 aliphatic carbocycles. The van der Waals surface area contributed by atoms with Gasteiger partial charge in [0, 0.05) is 10.9 Å². The fraction of sp³-hybridized carbons (Fsp3) is 0.500. The molecule has 1 aromatic carbocycles. The first kappa shape index (κ1) is 17.7. The Bertz CT molecular complexity index is 491. The number of carbonyl (C=O) groups excluding carboxylic acids is 1. The summed E-state index contributed by atoms with van der Waals surface area (Å²) < 4.78 is 0.916. The molecule has 1 amide bonds. The number of aliphatic carboxylic acids is 1. The van der Waals surface area contributed by atoms with E-state index in [-0.39, 0.29) is 17.7 Å². The molecule has 4 nitrogen and oxygen atoms in total. The summed E-state index contributed by atoms with van der Waals surface area (Å²) in [5.74, 6) is -1.04. The van der Waals surface area contributed by atoms with Crippen molar-refractivity contribution in [3.63, 3.8) is 0 Å². The molecular formula is C16H22BrNO3. The lowest BCUT2D eigenvalue weighted by Gasteiger charge is -2.20. The number of hydrogen-bond donors (Lipinski definition) is 2. The second-order valence-corrected chi connectivity index (χ2v) is 7.25. The zero-order valence-corrected chi connectivity index (χ0v) is 14.2. The van der Waals surface area contributed by atoms with Crippen molar-refractivity contribution in [2.75, 3.05) is 0 Å². The highest BCUT2D eigenvalue weighted by Gasteiger charge is 2.19. The van der Waals surface area contributed by atoms with Crippen molar-refractivity contribution in [1.82, 2.24) is 5.32 Å². The van der Waals surface area contributed by atoms with Crippen molar-refractivity contribution < 1.29 is 14.7 Å². The molecule has 0 saturated carbocycles. The summed E-state index contributed by atoms with van der Waals surface area (Å²) >= 11 is 3.34. The average Bonchev–Trinajstić information content (AvgIpc) is 2.35. The van der Waals surface area contributed by atoms with Gasteiger partial charge in [-0.1, -0.05) is 48.8 Å². The van der Waals surface area contributed by atoms with Crippen molar-refractivity contribution in [3.8, 4) is 0 Å². The number of hydrogen-bond acceptors (Lipinski definition) is 2. The Balaban J connectivity index is 2.72. The van der Waals surface area contributed by atoms with Crippen molar-refractivity contribution >= 4 is 27.8 Å². The van der Waals surface area contributed by atoms with Gasteiger partial charge in [-0.2, -0.15) is 0 Å². The van der Waals surface area contributed by atoms with Crippen molar-refractivity contribution in [3.05, 3.63) is 34.3 Å². The minimum absolute atomic E-state index is 0.0806. The number of nitrogens with one attached hydrogen (secondary N) is 1. The molecular weight excluding hydrogens is 334 g/mol. The minimum atomic E-state index is -0.931. The van der Waals surface area contributed by atoms with Crippen LogP contribution in [0.15, 0.2) is 28.7 Å². The van der Waals surface area contributed by atoms with Crippen LogP contribution in [-0.2, 0) is 9.59 Å². The third-order valence-electron chi connectivity index (χ3n) is 3.09. The molecule has 0 bridgehead atoms. The second kappa shape index (κ2) is 7.59. The zero-order valence-electron chi connectivity index (χ0n) is 12.6. The number of carboxylic acid groups (broad SMARTS) is 1. The van der Waals surface area contributed by atoms with E-state index in [1.54, 1.807) is 0 Å². The second-order valence-electron chi connectivity index (χ2n) is 6.33. The van der Waals surface area contributed by atoms with Gasteiger partial charge in [-0.15, -0.1) is 0 Å². The van der Waals surface area contributed by atoms with E-state index in [0.29, 0.717) is 6.42 Å². The molecule has 0 aliphatic heterocycles. The summed E-state index contributed by atoms with van der Waals surface area (Å²) in [5, 5.41) is 11.8. The standard InChI is InChI=1S/C16H22BrNO3/c1-16(2,3)9-8-14(19)18-13(10-15(20)21)11-4-6-12(17)7-5-11/h4-7,13H,8-10H2,1-3H3,(H,18,19)(H,20,21). The van der Waals surface area contributed by atoms with Gasteiger partial charge in [0.05, 0.1) is 12.5 Å². The summed E-state index contributed by atoms with van der Waals surface area (Å²) in [7, 11) is 0. The minimum Gasteiger partial charge on any atom is -0.481 e. The Morgan fingerprint density at radius 3 is 2.29 bits per heavy atom. The van der Waals surface area contributed by atoms with E-state index in [0.717, 1.165) is 16.5 Å². The molecule has 116 valence electrons. The highest BCUT2D eigenvalue weighted by atomic mass is 79.9. The van der Waals surface area contributed by atoms with Crippen LogP contribution in [-0.4, -0.2) is 17.0 Å². The molecule has 1 rings (SSSR count). The maximum atomic E-state index is 12.0. The molecule has 0 aromatic heterocycles. The maximum absolute atomic E-state index is 12.0. The van der Waals surface area contributed by atoms with Crippen LogP contribution in [0.3, 0.4) is 0 Å². The molecule has 0 saturated heterocycles. The summed E-state index contributed by atoms with van der Waals surface area (Å²) in [4.78, 5) is 23.0. The fourth-order valence-corrected chi connectivity index (χ4v) is 2.14. The van der Waals surface area contributed by atoms with Crippen LogP contribution in [0.2, 0.25) is 0 Å². The molecule has 2 N–H and O–H groups in total. The predicted molar refractivity (Wildman–Crippen MR) is 86.0 cm³/mol. The highest BCUT2D eigenvalue weighted by molar-refractivity contribution is 9.10. The Labute approximate surface area is 134 Å². The Morgan fingerprint density at radius 1 is 1.24 bits per heavy atom. The largest absolute Gasteiger partial charge is 0.481 e. The van der Waals surface area contributed by atoms with Gasteiger partial charge in [-0.25, -0.2) is 0 Å². The van der Waals surface area contributed by atoms with E-state index >= 15 is 0 Å². The molecule has 5 heteroatoms. The topological polar surface area (TPSA) is 66.4 Å². The summed E-state index contributed by atoms with van der Waals surface area (Å²) in [6.07, 6.45) is 1.04. The van der Waals surface area contributed by atoms with Crippen LogP contribution in [0.25, 0.3) is 0 Å². The van der Waals surface area contributed by atoms with Crippen LogP contribution < -0.4 is 5.32 Å². The van der Waals surface area contributed by atoms with Gasteiger partial charge in [0.15, 0.2) is 0 Å². The molecule has 0 heterocycles. The molecule has 0 fully saturated rings. The van der Waals surface area contributed by atoms with E-state index in [2.05, 4.69) is 42.0 Å². The van der Waals surface area contributed by atoms with Gasteiger partial charge < -0.3 is 10.4 Å². The van der Waals surface area contributed by atoms with Crippen molar-refractivity contribution in [2.24, 2.45) is 5.41 Å². The molecule has 1 atom stereocenters. The summed E-state index contributed by atoms with van der Waals surface area (Å²) in [5.41, 5.74) is 0.877. The summed E-state index contributed by atoms with van der Waals surface area (Å²) in [6.45, 7) is 6.22. The van der Waals surface area contributed by atoms with Crippen molar-refractivity contribution in [2.45, 2.75) is 46.1 Å². The third-order valence-corrected chi connectivity index (χ3v) is 3.62. The number of benzene rings is 1. The molecule has 0 aliphatic rings. The quantitative estimate of drug-likeness (QED) is 0.812. The fourth-order valence-electron chi connectivity index (χ4n) is 1.88. The summed E-state index contributed by atoms with van der Waals surface area (Å²) in [6, 6.07) is 6.82. The Hall–Kier alpha value is -1.36. The number of carboxylic acids is 1. The lowest BCUT2D eigenvalue weighted by Crippen LogP contribution is -2.30. The van der Waals surface area contributed by atoms with Crippen LogP contribution in [0.5, 0.6) is 0 Å². The van der Waals surface area contributed by atoms with Gasteiger partial charge in [-0.05, 0) is 29.5 Å². The van der Waals surface area contributed by atoms with E-state index in [1.165, 1.54) is 0 Å². The van der Waals surface area contributed by atoms with E-state index in [9.17, 15) is 9.59 Å². The maximum Gasteiger partial charge on any atom is 0.305 e. The van der Waals surface area contributed by atoms with E-state index in [4.69, 9.17) is 5.11 Å². The third kappa shape index (κ3) is 7.27. The first-order valence-corrected chi connectivity index (χ1v) is 7.73. The Kier molecular flexibility index (Phi) is 6.40. The first-order valence-electron chi connectivity index (χ1n) is 6.94. The normalized spacial score (nSPS) is 12.8. The molecule has 0 radical (unpaired) electrons. The molecule has 0 spiro atoms. The Morgan fingerprint density at radius 2 is 1.81 bits per heavy atom. The number of halogens is 1. The number of amides is 1. The lowest BCUT2D eigenvalue weighted by molar-refractivity contribution is -0.137. The van der Waals surface area contributed by atoms with E-state index in [1.807, 2.05) is 24.3 Å². The number of rotatable bonds is 6. The SMILES string of the molecule is CC(C)(C)CCC(=O)NC(CC(=O)O)c1ccc(Br)cc1. The van der Waals surface area contributed by atoms with E-state index < -0.39 is 12.0 Å². The predicted octanol–water partition coefficient (Wildman–Crippen LogP) is 3.91. The lowest BCUT2D eigenvalue weighted by atomic mass is 9.90. The monoisotopic (exact) mass is 355 g/mol. The van der Waals surface area contributed by atoms with Crippen molar-refractivity contribution in [1.29, 1.82) is 0 Å². The highest BCUT2D eigenvalue weighted by Crippen LogP contribution is 2.22. The first-order chi connectivity index (χ1) is 9.67. The zero-order chi connectivity index (χ0) is 16.0. The van der Waals surface area contributed by atoms with Crippen LogP contribution >= 0.6 is 15.9 Å². The van der Waals surface area contributed by atoms with Crippen LogP contribution in [0.4, 0.5) is 0 Å². The van der Waals surface area contributed by atoms with Gasteiger partial charge in [0.25, 0.3) is 0 Å². The van der Waals surface area contributed by atoms with Crippen LogP contribution in [0.1, 0.15) is 51.6 Å². The van der Waals surface area contributed by atoms with Crippen LogP contribution in [0, 0.1) is 5.41 Å². The van der Waals surface area contributed by atoms with Gasteiger partial charge in [0.2, 0.25) is 5.91 Å². The van der Waals surface area contributed by atoms with Gasteiger partial charge in [0.1, 0.15) is 0 Å². The molecule has 1 unspecified atom stereocenters. The van der Waals surface area contributed by atoms with Gasteiger partial charge in [-0.3, -0.25) is 9.59 Å². The van der Waals surface area contributed by atoms with Gasteiger partial charge >= 0.3 is 5.97 Å². The smallest absolute Gasteiger partial charge is 0.305 e.